The minimum Gasteiger partial charge on any atom is -0.457 e. The Balaban J connectivity index is 1.34. The lowest BCUT2D eigenvalue weighted by molar-refractivity contribution is 0.0827. The minimum absolute atomic E-state index is 0.138. The molecule has 3 aromatic rings. The molecule has 1 aliphatic rings. The van der Waals surface area contributed by atoms with Crippen molar-refractivity contribution >= 4 is 15.9 Å². The zero-order chi connectivity index (χ0) is 18.7. The van der Waals surface area contributed by atoms with E-state index in [9.17, 15) is 0 Å². The van der Waals surface area contributed by atoms with Gasteiger partial charge in [-0.25, -0.2) is 0 Å². The van der Waals surface area contributed by atoms with Crippen molar-refractivity contribution in [1.82, 2.24) is 0 Å². The van der Waals surface area contributed by atoms with Crippen molar-refractivity contribution in [1.29, 1.82) is 0 Å². The maximum absolute atomic E-state index is 6.09. The van der Waals surface area contributed by atoms with Crippen molar-refractivity contribution in [3.63, 3.8) is 0 Å². The molecule has 2 nitrogen and oxygen atoms in total. The molecule has 0 aromatic heterocycles. The predicted octanol–water partition coefficient (Wildman–Crippen LogP) is 6.56. The van der Waals surface area contributed by atoms with E-state index < -0.39 is 0 Å². The van der Waals surface area contributed by atoms with Gasteiger partial charge in [-0.1, -0.05) is 83.5 Å². The minimum atomic E-state index is 0.138. The second kappa shape index (κ2) is 7.87. The van der Waals surface area contributed by atoms with Gasteiger partial charge < -0.3 is 9.47 Å². The van der Waals surface area contributed by atoms with Crippen LogP contribution in [0.1, 0.15) is 24.0 Å². The zero-order valence-corrected chi connectivity index (χ0v) is 16.9. The topological polar surface area (TPSA) is 18.5 Å². The van der Waals surface area contributed by atoms with Gasteiger partial charge in [-0.05, 0) is 35.4 Å². The van der Waals surface area contributed by atoms with Gasteiger partial charge in [0, 0.05) is 16.2 Å². The Hall–Kier alpha value is -2.10. The van der Waals surface area contributed by atoms with Gasteiger partial charge in [-0.3, -0.25) is 0 Å². The maximum atomic E-state index is 6.09. The number of alkyl halides is 1. The average Bonchev–Trinajstić information content (AvgIpc) is 3.24. The third kappa shape index (κ3) is 4.10. The van der Waals surface area contributed by atoms with E-state index >= 15 is 0 Å². The molecule has 0 amide bonds. The largest absolute Gasteiger partial charge is 0.457 e. The van der Waals surface area contributed by atoms with Crippen LogP contribution < -0.4 is 4.74 Å². The van der Waals surface area contributed by atoms with Crippen LogP contribution in [0.3, 0.4) is 0 Å². The van der Waals surface area contributed by atoms with Crippen molar-refractivity contribution in [2.45, 2.75) is 24.3 Å². The Bertz CT molecular complexity index is 881. The molecule has 0 unspecified atom stereocenters. The Morgan fingerprint density at radius 1 is 0.852 bits per heavy atom. The standard InChI is InChI=1S/C24H23BrO2/c1-24(22(23(24)25)19-10-4-2-5-11-19)17-26-16-18-9-8-14-21(15-18)27-20-12-6-3-7-13-20/h2-15,22-23H,16-17H2,1H3/t22-,23+,24+/m1/s1. The van der Waals surface area contributed by atoms with E-state index in [0.29, 0.717) is 17.4 Å². The second-order valence-corrected chi connectivity index (χ2v) is 8.34. The Kier molecular flexibility index (Phi) is 5.33. The summed E-state index contributed by atoms with van der Waals surface area (Å²) in [6, 6.07) is 28.6. The first kappa shape index (κ1) is 18.3. The third-order valence-electron chi connectivity index (χ3n) is 5.24. The lowest BCUT2D eigenvalue weighted by Gasteiger charge is -2.13. The van der Waals surface area contributed by atoms with E-state index in [2.05, 4.69) is 59.3 Å². The summed E-state index contributed by atoms with van der Waals surface area (Å²) in [6.07, 6.45) is 0. The number of para-hydroxylation sites is 1. The number of halogens is 1. The van der Waals surface area contributed by atoms with E-state index in [1.165, 1.54) is 5.56 Å². The Morgan fingerprint density at radius 3 is 2.26 bits per heavy atom. The quantitative estimate of drug-likeness (QED) is 0.401. The number of rotatable bonds is 7. The molecule has 0 radical (unpaired) electrons. The maximum Gasteiger partial charge on any atom is 0.127 e. The Labute approximate surface area is 169 Å². The lowest BCUT2D eigenvalue weighted by Crippen LogP contribution is -2.10. The van der Waals surface area contributed by atoms with Crippen LogP contribution in [0.25, 0.3) is 0 Å². The smallest absolute Gasteiger partial charge is 0.127 e. The summed E-state index contributed by atoms with van der Waals surface area (Å²) in [5.74, 6) is 2.18. The number of ether oxygens (including phenoxy) is 2. The molecule has 4 rings (SSSR count). The Morgan fingerprint density at radius 2 is 1.52 bits per heavy atom. The highest BCUT2D eigenvalue weighted by Crippen LogP contribution is 2.63. The first-order valence-corrected chi connectivity index (χ1v) is 10.2. The third-order valence-corrected chi connectivity index (χ3v) is 6.82. The first-order chi connectivity index (χ1) is 13.2. The lowest BCUT2D eigenvalue weighted by atomic mass is 10.0. The summed E-state index contributed by atoms with van der Waals surface area (Å²) in [5, 5.41) is 0. The van der Waals surface area contributed by atoms with Gasteiger partial charge in [0.25, 0.3) is 0 Å². The van der Waals surface area contributed by atoms with E-state index in [1.54, 1.807) is 0 Å². The van der Waals surface area contributed by atoms with E-state index in [-0.39, 0.29) is 5.41 Å². The number of hydrogen-bond acceptors (Lipinski definition) is 2. The van der Waals surface area contributed by atoms with E-state index in [1.807, 2.05) is 48.5 Å². The van der Waals surface area contributed by atoms with Gasteiger partial charge in [0.05, 0.1) is 13.2 Å². The second-order valence-electron chi connectivity index (χ2n) is 7.35. The molecular formula is C24H23BrO2. The molecule has 3 heteroatoms. The molecule has 0 aliphatic heterocycles. The normalized spacial score (nSPS) is 23.8. The van der Waals surface area contributed by atoms with Crippen LogP contribution >= 0.6 is 15.9 Å². The SMILES string of the molecule is C[C@]1(COCc2cccc(Oc3ccccc3)c2)[C@H](c2ccccc2)[C@@H]1Br. The van der Waals surface area contributed by atoms with Crippen LogP contribution in [0.2, 0.25) is 0 Å². The highest BCUT2D eigenvalue weighted by molar-refractivity contribution is 9.09. The van der Waals surface area contributed by atoms with E-state index in [4.69, 9.17) is 9.47 Å². The summed E-state index contributed by atoms with van der Waals surface area (Å²) in [4.78, 5) is 0.458. The number of benzene rings is 3. The molecular weight excluding hydrogens is 400 g/mol. The molecule has 1 aliphatic carbocycles. The molecule has 3 aromatic carbocycles. The monoisotopic (exact) mass is 422 g/mol. The van der Waals surface area contributed by atoms with Gasteiger partial charge >= 0.3 is 0 Å². The highest BCUT2D eigenvalue weighted by atomic mass is 79.9. The zero-order valence-electron chi connectivity index (χ0n) is 15.3. The van der Waals surface area contributed by atoms with Crippen molar-refractivity contribution in [3.05, 3.63) is 96.1 Å². The van der Waals surface area contributed by atoms with Crippen molar-refractivity contribution in [2.24, 2.45) is 5.41 Å². The summed E-state index contributed by atoms with van der Waals surface area (Å²) < 4.78 is 12.0. The summed E-state index contributed by atoms with van der Waals surface area (Å²) in [5.41, 5.74) is 2.64. The van der Waals surface area contributed by atoms with Gasteiger partial charge in [-0.2, -0.15) is 0 Å². The van der Waals surface area contributed by atoms with Gasteiger partial charge in [0.15, 0.2) is 0 Å². The first-order valence-electron chi connectivity index (χ1n) is 9.25. The molecule has 1 saturated carbocycles. The fourth-order valence-corrected chi connectivity index (χ4v) is 4.77. The van der Waals surface area contributed by atoms with Crippen molar-refractivity contribution in [3.8, 4) is 11.5 Å². The fourth-order valence-electron chi connectivity index (χ4n) is 3.60. The van der Waals surface area contributed by atoms with Crippen LogP contribution in [0, 0.1) is 5.41 Å². The highest BCUT2D eigenvalue weighted by Gasteiger charge is 2.60. The van der Waals surface area contributed by atoms with Crippen LogP contribution in [-0.2, 0) is 11.3 Å². The van der Waals surface area contributed by atoms with Gasteiger partial charge in [-0.15, -0.1) is 0 Å². The fraction of sp³-hybridized carbons (Fsp3) is 0.250. The molecule has 27 heavy (non-hydrogen) atoms. The summed E-state index contributed by atoms with van der Waals surface area (Å²) >= 11 is 3.84. The number of hydrogen-bond donors (Lipinski definition) is 0. The molecule has 0 bridgehead atoms. The molecule has 0 heterocycles. The molecule has 0 spiro atoms. The van der Waals surface area contributed by atoms with Crippen LogP contribution in [0.5, 0.6) is 11.5 Å². The average molecular weight is 423 g/mol. The predicted molar refractivity (Wildman–Crippen MR) is 113 cm³/mol. The van der Waals surface area contributed by atoms with Crippen molar-refractivity contribution < 1.29 is 9.47 Å². The van der Waals surface area contributed by atoms with E-state index in [0.717, 1.165) is 23.7 Å². The van der Waals surface area contributed by atoms with Crippen LogP contribution in [0.15, 0.2) is 84.9 Å². The van der Waals surface area contributed by atoms with Gasteiger partial charge in [0.2, 0.25) is 0 Å². The van der Waals surface area contributed by atoms with Crippen LogP contribution in [-0.4, -0.2) is 11.4 Å². The molecule has 138 valence electrons. The summed E-state index contributed by atoms with van der Waals surface area (Å²) in [6.45, 7) is 3.61. The van der Waals surface area contributed by atoms with Crippen molar-refractivity contribution in [2.75, 3.05) is 6.61 Å². The van der Waals surface area contributed by atoms with Gasteiger partial charge in [0.1, 0.15) is 11.5 Å². The summed E-state index contributed by atoms with van der Waals surface area (Å²) in [7, 11) is 0. The molecule has 3 atom stereocenters. The molecule has 1 fully saturated rings. The molecule has 0 N–H and O–H groups in total. The molecule has 0 saturated heterocycles. The van der Waals surface area contributed by atoms with Crippen LogP contribution in [0.4, 0.5) is 0 Å².